The number of hydrogen-bond donors (Lipinski definition) is 2. The number of aromatic nitrogens is 4. The highest BCUT2D eigenvalue weighted by molar-refractivity contribution is 5.71. The van der Waals surface area contributed by atoms with E-state index in [-0.39, 0.29) is 0 Å². The van der Waals surface area contributed by atoms with Crippen LogP contribution in [0.2, 0.25) is 0 Å². The van der Waals surface area contributed by atoms with Gasteiger partial charge in [0.1, 0.15) is 11.5 Å². The summed E-state index contributed by atoms with van der Waals surface area (Å²) in [5, 5.41) is 6.90. The third kappa shape index (κ3) is 3.12. The molecule has 1 aliphatic rings. The molecule has 1 atom stereocenters. The standard InChI is InChI=1S/C22H22N6/c1-15-10-22-25-13-20(28(22)14-18(15)16-4-3-8-23-11-16)19-5-2-6-21(27-19)26-17-7-9-24-12-17/h2-6,8,10-11,13-14,17,24H,7,9,12H2,1H3,(H,26,27)/t17-/m0/s1. The fourth-order valence-corrected chi connectivity index (χ4v) is 3.78. The van der Waals surface area contributed by atoms with Gasteiger partial charge >= 0.3 is 0 Å². The van der Waals surface area contributed by atoms with Crippen molar-refractivity contribution in [2.75, 3.05) is 18.4 Å². The van der Waals surface area contributed by atoms with Crippen molar-refractivity contribution in [2.24, 2.45) is 0 Å². The molecule has 140 valence electrons. The van der Waals surface area contributed by atoms with Crippen LogP contribution < -0.4 is 10.6 Å². The summed E-state index contributed by atoms with van der Waals surface area (Å²) in [5.74, 6) is 0.903. The van der Waals surface area contributed by atoms with Crippen molar-refractivity contribution in [3.8, 4) is 22.5 Å². The van der Waals surface area contributed by atoms with Crippen LogP contribution in [0.15, 0.2) is 61.2 Å². The Balaban J connectivity index is 1.56. The van der Waals surface area contributed by atoms with Gasteiger partial charge in [-0.2, -0.15) is 0 Å². The van der Waals surface area contributed by atoms with E-state index in [1.165, 1.54) is 5.56 Å². The second-order valence-electron chi connectivity index (χ2n) is 7.23. The Morgan fingerprint density at radius 1 is 1.18 bits per heavy atom. The van der Waals surface area contributed by atoms with E-state index in [2.05, 4.69) is 50.3 Å². The lowest BCUT2D eigenvalue weighted by atomic mass is 10.0. The van der Waals surface area contributed by atoms with Crippen LogP contribution in [0.5, 0.6) is 0 Å². The lowest BCUT2D eigenvalue weighted by Gasteiger charge is -2.13. The van der Waals surface area contributed by atoms with Gasteiger partial charge in [-0.1, -0.05) is 12.1 Å². The first-order valence-electron chi connectivity index (χ1n) is 9.61. The zero-order valence-electron chi connectivity index (χ0n) is 15.8. The van der Waals surface area contributed by atoms with Gasteiger partial charge in [0.05, 0.1) is 17.6 Å². The van der Waals surface area contributed by atoms with Crippen molar-refractivity contribution in [2.45, 2.75) is 19.4 Å². The molecule has 4 aromatic heterocycles. The molecule has 1 aliphatic heterocycles. The summed E-state index contributed by atoms with van der Waals surface area (Å²) < 4.78 is 2.11. The summed E-state index contributed by atoms with van der Waals surface area (Å²) in [6, 6.07) is 12.7. The second-order valence-corrected chi connectivity index (χ2v) is 7.23. The fraction of sp³-hybridized carbons (Fsp3) is 0.227. The summed E-state index contributed by atoms with van der Waals surface area (Å²) in [6.07, 6.45) is 8.83. The maximum atomic E-state index is 4.84. The summed E-state index contributed by atoms with van der Waals surface area (Å²) in [6.45, 7) is 4.14. The highest BCUT2D eigenvalue weighted by atomic mass is 15.1. The zero-order chi connectivity index (χ0) is 18.9. The molecule has 6 heteroatoms. The maximum Gasteiger partial charge on any atom is 0.137 e. The fourth-order valence-electron chi connectivity index (χ4n) is 3.78. The van der Waals surface area contributed by atoms with E-state index in [9.17, 15) is 0 Å². The molecule has 0 radical (unpaired) electrons. The Kier molecular flexibility index (Phi) is 4.25. The van der Waals surface area contributed by atoms with E-state index >= 15 is 0 Å². The van der Waals surface area contributed by atoms with Crippen molar-refractivity contribution in [1.82, 2.24) is 24.7 Å². The number of nitrogens with zero attached hydrogens (tertiary/aromatic N) is 4. The third-order valence-electron chi connectivity index (χ3n) is 5.25. The Hall–Kier alpha value is -3.25. The van der Waals surface area contributed by atoms with Crippen molar-refractivity contribution in [3.63, 3.8) is 0 Å². The molecule has 4 aromatic rings. The molecule has 28 heavy (non-hydrogen) atoms. The van der Waals surface area contributed by atoms with Crippen molar-refractivity contribution in [3.05, 3.63) is 66.7 Å². The smallest absolute Gasteiger partial charge is 0.137 e. The summed E-state index contributed by atoms with van der Waals surface area (Å²) in [4.78, 5) is 13.7. The van der Waals surface area contributed by atoms with E-state index < -0.39 is 0 Å². The average Bonchev–Trinajstić information content (AvgIpc) is 3.38. The SMILES string of the molecule is Cc1cc2ncc(-c3cccc(N[C@H]4CCNC4)n3)n2cc1-c1cccnc1. The van der Waals surface area contributed by atoms with Crippen LogP contribution in [0, 0.1) is 6.92 Å². The van der Waals surface area contributed by atoms with E-state index in [1.807, 2.05) is 36.7 Å². The van der Waals surface area contributed by atoms with Gasteiger partial charge in [0.2, 0.25) is 0 Å². The van der Waals surface area contributed by atoms with Crippen LogP contribution in [-0.2, 0) is 0 Å². The van der Waals surface area contributed by atoms with Crippen molar-refractivity contribution < 1.29 is 0 Å². The minimum atomic E-state index is 0.435. The van der Waals surface area contributed by atoms with Gasteiger partial charge in [-0.3, -0.25) is 9.38 Å². The van der Waals surface area contributed by atoms with Crippen LogP contribution in [0.3, 0.4) is 0 Å². The molecule has 0 aliphatic carbocycles. The molecule has 1 saturated heterocycles. The summed E-state index contributed by atoms with van der Waals surface area (Å²) in [7, 11) is 0. The van der Waals surface area contributed by atoms with Crippen molar-refractivity contribution >= 4 is 11.5 Å². The van der Waals surface area contributed by atoms with Crippen LogP contribution >= 0.6 is 0 Å². The van der Waals surface area contributed by atoms with Gasteiger partial charge in [-0.25, -0.2) is 9.97 Å². The normalized spacial score (nSPS) is 16.5. The molecule has 0 saturated carbocycles. The van der Waals surface area contributed by atoms with Crippen LogP contribution in [-0.4, -0.2) is 38.5 Å². The molecule has 5 rings (SSSR count). The molecule has 2 N–H and O–H groups in total. The molecule has 1 fully saturated rings. The van der Waals surface area contributed by atoms with Gasteiger partial charge in [0, 0.05) is 42.3 Å². The Morgan fingerprint density at radius 2 is 2.14 bits per heavy atom. The van der Waals surface area contributed by atoms with E-state index in [1.54, 1.807) is 6.20 Å². The van der Waals surface area contributed by atoms with Gasteiger partial charge in [-0.05, 0) is 49.7 Å². The predicted octanol–water partition coefficient (Wildman–Crippen LogP) is 3.54. The van der Waals surface area contributed by atoms with Gasteiger partial charge in [-0.15, -0.1) is 0 Å². The summed E-state index contributed by atoms with van der Waals surface area (Å²) >= 11 is 0. The number of aryl methyl sites for hydroxylation is 1. The predicted molar refractivity (Wildman–Crippen MR) is 111 cm³/mol. The monoisotopic (exact) mass is 370 g/mol. The molecule has 0 aromatic carbocycles. The van der Waals surface area contributed by atoms with Crippen LogP contribution in [0.4, 0.5) is 5.82 Å². The number of nitrogens with one attached hydrogen (secondary N) is 2. The number of anilines is 1. The number of imidazole rings is 1. The van der Waals surface area contributed by atoms with Gasteiger partial charge in [0.15, 0.2) is 0 Å². The Labute approximate surface area is 163 Å². The maximum absolute atomic E-state index is 4.84. The Bertz CT molecular complexity index is 1110. The first-order chi connectivity index (χ1) is 13.8. The molecule has 0 bridgehead atoms. The quantitative estimate of drug-likeness (QED) is 0.575. The van der Waals surface area contributed by atoms with E-state index in [4.69, 9.17) is 4.98 Å². The molecule has 6 nitrogen and oxygen atoms in total. The van der Waals surface area contributed by atoms with Crippen molar-refractivity contribution in [1.29, 1.82) is 0 Å². The lowest BCUT2D eigenvalue weighted by molar-refractivity contribution is 0.788. The number of hydrogen-bond acceptors (Lipinski definition) is 5. The molecule has 5 heterocycles. The number of pyridine rings is 3. The average molecular weight is 370 g/mol. The highest BCUT2D eigenvalue weighted by Crippen LogP contribution is 2.27. The summed E-state index contributed by atoms with van der Waals surface area (Å²) in [5.41, 5.74) is 6.22. The molecule has 0 unspecified atom stereocenters. The Morgan fingerprint density at radius 3 is 2.96 bits per heavy atom. The van der Waals surface area contributed by atoms with Gasteiger partial charge < -0.3 is 10.6 Å². The van der Waals surface area contributed by atoms with Gasteiger partial charge in [0.25, 0.3) is 0 Å². The molecule has 0 spiro atoms. The number of fused-ring (bicyclic) bond motifs is 1. The number of rotatable bonds is 4. The van der Waals surface area contributed by atoms with E-state index in [0.717, 1.165) is 53.5 Å². The largest absolute Gasteiger partial charge is 0.366 e. The zero-order valence-corrected chi connectivity index (χ0v) is 15.8. The van der Waals surface area contributed by atoms with Crippen LogP contribution in [0.25, 0.3) is 28.2 Å². The van der Waals surface area contributed by atoms with E-state index in [0.29, 0.717) is 6.04 Å². The molecule has 0 amide bonds. The topological polar surface area (TPSA) is 67.1 Å². The second kappa shape index (κ2) is 7.05. The third-order valence-corrected chi connectivity index (χ3v) is 5.25. The minimum Gasteiger partial charge on any atom is -0.366 e. The molecular formula is C22H22N6. The first-order valence-corrected chi connectivity index (χ1v) is 9.61. The first kappa shape index (κ1) is 16.9. The minimum absolute atomic E-state index is 0.435. The highest BCUT2D eigenvalue weighted by Gasteiger charge is 2.15. The lowest BCUT2D eigenvalue weighted by Crippen LogP contribution is -2.22. The van der Waals surface area contributed by atoms with Crippen LogP contribution in [0.1, 0.15) is 12.0 Å². The molecular weight excluding hydrogens is 348 g/mol.